The number of aryl methyl sites for hydroxylation is 2. The summed E-state index contributed by atoms with van der Waals surface area (Å²) in [4.78, 5) is 35.0. The molecule has 9 nitrogen and oxygen atoms in total. The number of carbonyl (C=O) groups excluding carboxylic acids is 3. The molecular formula is C21H27N3O6. The Bertz CT molecular complexity index is 841. The third kappa shape index (κ3) is 7.57. The average molecular weight is 417 g/mol. The van der Waals surface area contributed by atoms with Crippen LogP contribution in [-0.4, -0.2) is 36.2 Å². The van der Waals surface area contributed by atoms with Gasteiger partial charge in [-0.1, -0.05) is 30.6 Å². The SMILES string of the molecule is CCCCNC(=O)NC(=O)COC(=O)Cc1ccc(OCc2c(C)noc2C)cc1. The van der Waals surface area contributed by atoms with E-state index in [2.05, 4.69) is 15.8 Å². The van der Waals surface area contributed by atoms with Crippen LogP contribution in [0.3, 0.4) is 0 Å². The number of nitrogens with zero attached hydrogens (tertiary/aromatic N) is 1. The molecule has 2 N–H and O–H groups in total. The lowest BCUT2D eigenvalue weighted by molar-refractivity contribution is -0.147. The molecule has 162 valence electrons. The molecule has 0 unspecified atom stereocenters. The van der Waals surface area contributed by atoms with E-state index in [0.717, 1.165) is 24.1 Å². The molecule has 2 aromatic rings. The summed E-state index contributed by atoms with van der Waals surface area (Å²) in [6, 6.07) is 6.37. The van der Waals surface area contributed by atoms with Gasteiger partial charge in [0.1, 0.15) is 18.1 Å². The third-order valence-corrected chi connectivity index (χ3v) is 4.27. The Labute approximate surface area is 175 Å². The highest BCUT2D eigenvalue weighted by molar-refractivity contribution is 5.95. The first-order valence-electron chi connectivity index (χ1n) is 9.75. The molecule has 0 spiro atoms. The molecule has 0 aliphatic carbocycles. The van der Waals surface area contributed by atoms with Crippen LogP contribution in [0.15, 0.2) is 28.8 Å². The summed E-state index contributed by atoms with van der Waals surface area (Å²) in [7, 11) is 0. The lowest BCUT2D eigenvalue weighted by Crippen LogP contribution is -2.41. The fraction of sp³-hybridized carbons (Fsp3) is 0.429. The Morgan fingerprint density at radius 3 is 2.50 bits per heavy atom. The summed E-state index contributed by atoms with van der Waals surface area (Å²) in [6.07, 6.45) is 1.75. The number of carbonyl (C=O) groups is 3. The number of esters is 1. The van der Waals surface area contributed by atoms with Gasteiger partial charge in [0.2, 0.25) is 0 Å². The van der Waals surface area contributed by atoms with E-state index < -0.39 is 24.5 Å². The van der Waals surface area contributed by atoms with E-state index in [-0.39, 0.29) is 6.42 Å². The molecule has 0 aliphatic rings. The number of amides is 3. The van der Waals surface area contributed by atoms with E-state index in [1.807, 2.05) is 20.8 Å². The summed E-state index contributed by atoms with van der Waals surface area (Å²) >= 11 is 0. The summed E-state index contributed by atoms with van der Waals surface area (Å²) in [5.74, 6) is 0.108. The second-order valence-corrected chi connectivity index (χ2v) is 6.73. The van der Waals surface area contributed by atoms with Gasteiger partial charge in [-0.05, 0) is 38.0 Å². The van der Waals surface area contributed by atoms with Gasteiger partial charge < -0.3 is 19.3 Å². The maximum absolute atomic E-state index is 11.9. The molecule has 0 fully saturated rings. The number of benzene rings is 1. The second kappa shape index (κ2) is 11.6. The van der Waals surface area contributed by atoms with Crippen LogP contribution in [0.4, 0.5) is 4.79 Å². The maximum Gasteiger partial charge on any atom is 0.321 e. The maximum atomic E-state index is 11.9. The van der Waals surface area contributed by atoms with E-state index in [9.17, 15) is 14.4 Å². The van der Waals surface area contributed by atoms with E-state index in [4.69, 9.17) is 14.0 Å². The summed E-state index contributed by atoms with van der Waals surface area (Å²) < 4.78 is 15.7. The van der Waals surface area contributed by atoms with Crippen LogP contribution in [0.5, 0.6) is 5.75 Å². The van der Waals surface area contributed by atoms with Gasteiger partial charge in [0.25, 0.3) is 5.91 Å². The number of imide groups is 1. The minimum atomic E-state index is -0.680. The van der Waals surface area contributed by atoms with E-state index in [1.54, 1.807) is 24.3 Å². The standard InChI is InChI=1S/C21H27N3O6/c1-4-5-10-22-21(27)23-19(25)13-29-20(26)11-16-6-8-17(9-7-16)28-12-18-14(2)24-30-15(18)3/h6-9H,4-5,10-13H2,1-3H3,(H2,22,23,25,27). The van der Waals surface area contributed by atoms with Crippen LogP contribution < -0.4 is 15.4 Å². The predicted octanol–water partition coefficient (Wildman–Crippen LogP) is 2.58. The molecule has 1 aromatic heterocycles. The Morgan fingerprint density at radius 2 is 1.87 bits per heavy atom. The van der Waals surface area contributed by atoms with Crippen LogP contribution in [0, 0.1) is 13.8 Å². The van der Waals surface area contributed by atoms with Gasteiger partial charge in [0, 0.05) is 6.54 Å². The molecule has 3 amide bonds. The van der Waals surface area contributed by atoms with Gasteiger partial charge >= 0.3 is 12.0 Å². The number of ether oxygens (including phenoxy) is 2. The first-order valence-corrected chi connectivity index (χ1v) is 9.75. The third-order valence-electron chi connectivity index (χ3n) is 4.27. The Morgan fingerprint density at radius 1 is 1.13 bits per heavy atom. The normalized spacial score (nSPS) is 10.4. The van der Waals surface area contributed by atoms with Crippen molar-refractivity contribution in [1.82, 2.24) is 15.8 Å². The van der Waals surface area contributed by atoms with E-state index in [1.165, 1.54) is 0 Å². The van der Waals surface area contributed by atoms with Crippen molar-refractivity contribution in [2.45, 2.75) is 46.6 Å². The van der Waals surface area contributed by atoms with Crippen LogP contribution >= 0.6 is 0 Å². The van der Waals surface area contributed by atoms with Gasteiger partial charge in [-0.25, -0.2) is 4.79 Å². The Hall–Kier alpha value is -3.36. The van der Waals surface area contributed by atoms with Gasteiger partial charge in [-0.15, -0.1) is 0 Å². The number of hydrogen-bond acceptors (Lipinski definition) is 7. The number of urea groups is 1. The number of aromatic nitrogens is 1. The van der Waals surface area contributed by atoms with Crippen molar-refractivity contribution in [3.05, 3.63) is 46.8 Å². The molecule has 0 saturated heterocycles. The molecule has 9 heteroatoms. The summed E-state index contributed by atoms with van der Waals surface area (Å²) in [6.45, 7) is 5.97. The number of rotatable bonds is 10. The highest BCUT2D eigenvalue weighted by atomic mass is 16.5. The Kier molecular flexibility index (Phi) is 8.86. The smallest absolute Gasteiger partial charge is 0.321 e. The molecule has 0 bridgehead atoms. The van der Waals surface area contributed by atoms with Crippen LogP contribution in [0.25, 0.3) is 0 Å². The molecular weight excluding hydrogens is 390 g/mol. The van der Waals surface area contributed by atoms with Crippen LogP contribution in [0.1, 0.15) is 42.3 Å². The second-order valence-electron chi connectivity index (χ2n) is 6.73. The lowest BCUT2D eigenvalue weighted by atomic mass is 10.1. The molecule has 1 heterocycles. The largest absolute Gasteiger partial charge is 0.489 e. The van der Waals surface area contributed by atoms with Crippen molar-refractivity contribution in [2.24, 2.45) is 0 Å². The number of hydrogen-bond donors (Lipinski definition) is 2. The molecule has 0 atom stereocenters. The zero-order valence-electron chi connectivity index (χ0n) is 17.4. The lowest BCUT2D eigenvalue weighted by Gasteiger charge is -2.08. The summed E-state index contributed by atoms with van der Waals surface area (Å²) in [5, 5.41) is 8.53. The zero-order valence-corrected chi connectivity index (χ0v) is 17.4. The van der Waals surface area contributed by atoms with Crippen LogP contribution in [0.2, 0.25) is 0 Å². The molecule has 2 rings (SSSR count). The quantitative estimate of drug-likeness (QED) is 0.450. The molecule has 1 aromatic carbocycles. The van der Waals surface area contributed by atoms with Gasteiger partial charge in [-0.3, -0.25) is 14.9 Å². The Balaban J connectivity index is 1.71. The monoisotopic (exact) mass is 417 g/mol. The summed E-state index contributed by atoms with van der Waals surface area (Å²) in [5.41, 5.74) is 2.40. The van der Waals surface area contributed by atoms with Crippen molar-refractivity contribution in [3.8, 4) is 5.75 Å². The first kappa shape index (κ1) is 22.9. The van der Waals surface area contributed by atoms with Crippen molar-refractivity contribution < 1.29 is 28.4 Å². The van der Waals surface area contributed by atoms with Gasteiger partial charge in [-0.2, -0.15) is 0 Å². The van der Waals surface area contributed by atoms with Crippen LogP contribution in [-0.2, 0) is 27.4 Å². The zero-order chi connectivity index (χ0) is 21.9. The average Bonchev–Trinajstić information content (AvgIpc) is 3.03. The molecule has 0 saturated carbocycles. The minimum Gasteiger partial charge on any atom is -0.489 e. The van der Waals surface area contributed by atoms with E-state index >= 15 is 0 Å². The van der Waals surface area contributed by atoms with Gasteiger partial charge in [0.15, 0.2) is 6.61 Å². The highest BCUT2D eigenvalue weighted by Crippen LogP contribution is 2.18. The van der Waals surface area contributed by atoms with Crippen molar-refractivity contribution >= 4 is 17.9 Å². The first-order chi connectivity index (χ1) is 14.4. The molecule has 30 heavy (non-hydrogen) atoms. The molecule has 0 radical (unpaired) electrons. The van der Waals surface area contributed by atoms with Crippen molar-refractivity contribution in [1.29, 1.82) is 0 Å². The molecule has 0 aliphatic heterocycles. The number of unbranched alkanes of at least 4 members (excludes halogenated alkanes) is 1. The highest BCUT2D eigenvalue weighted by Gasteiger charge is 2.12. The van der Waals surface area contributed by atoms with Crippen molar-refractivity contribution in [3.63, 3.8) is 0 Å². The minimum absolute atomic E-state index is 0.000122. The fourth-order valence-corrected chi connectivity index (χ4v) is 2.52. The predicted molar refractivity (Wildman–Crippen MR) is 108 cm³/mol. The van der Waals surface area contributed by atoms with E-state index in [0.29, 0.717) is 30.2 Å². The fourth-order valence-electron chi connectivity index (χ4n) is 2.52. The van der Waals surface area contributed by atoms with Crippen molar-refractivity contribution in [2.75, 3.05) is 13.2 Å². The van der Waals surface area contributed by atoms with Gasteiger partial charge in [0.05, 0.1) is 17.7 Å². The topological polar surface area (TPSA) is 120 Å². The number of nitrogens with one attached hydrogen (secondary N) is 2.